The van der Waals surface area contributed by atoms with E-state index in [-0.39, 0.29) is 12.1 Å². The van der Waals surface area contributed by atoms with Crippen LogP contribution in [0.4, 0.5) is 0 Å². The fourth-order valence-corrected chi connectivity index (χ4v) is 2.02. The Morgan fingerprint density at radius 1 is 1.25 bits per heavy atom. The summed E-state index contributed by atoms with van der Waals surface area (Å²) in [6.45, 7) is 7.19. The summed E-state index contributed by atoms with van der Waals surface area (Å²) in [6, 6.07) is 6.09. The molecule has 20 heavy (non-hydrogen) atoms. The van der Waals surface area contributed by atoms with Gasteiger partial charge in [-0.25, -0.2) is 0 Å². The molecule has 2 N–H and O–H groups in total. The summed E-state index contributed by atoms with van der Waals surface area (Å²) in [5.74, 6) is 1.57. The number of hydrogen-bond acceptors (Lipinski definition) is 4. The van der Waals surface area contributed by atoms with E-state index >= 15 is 0 Å². The smallest absolute Gasteiger partial charge is 0.164 e. The lowest BCUT2D eigenvalue weighted by molar-refractivity contribution is 0.0886. The molecule has 0 amide bonds. The number of para-hydroxylation sites is 1. The molecule has 0 heterocycles. The molecule has 0 aliphatic rings. The molecule has 0 bridgehead atoms. The molecular weight excluding hydrogens is 254 g/mol. The van der Waals surface area contributed by atoms with Gasteiger partial charge in [0.1, 0.15) is 6.10 Å². The molecule has 0 aliphatic heterocycles. The Labute approximate surface area is 122 Å². The fraction of sp³-hybridized carbons (Fsp3) is 0.625. The van der Waals surface area contributed by atoms with Crippen molar-refractivity contribution >= 4 is 0 Å². The Morgan fingerprint density at radius 3 is 2.60 bits per heavy atom. The van der Waals surface area contributed by atoms with Gasteiger partial charge >= 0.3 is 0 Å². The highest BCUT2D eigenvalue weighted by Crippen LogP contribution is 2.33. The Balaban J connectivity index is 2.98. The van der Waals surface area contributed by atoms with Crippen LogP contribution in [0, 0.1) is 0 Å². The maximum Gasteiger partial charge on any atom is 0.164 e. The van der Waals surface area contributed by atoms with E-state index in [9.17, 15) is 0 Å². The van der Waals surface area contributed by atoms with Crippen LogP contribution in [0.25, 0.3) is 0 Å². The SMILES string of the molecule is CCOc1cccc(CC(N)CC)c1OC(C)COC. The van der Waals surface area contributed by atoms with Crippen molar-refractivity contribution in [1.82, 2.24) is 0 Å². The molecule has 0 saturated carbocycles. The predicted molar refractivity (Wildman–Crippen MR) is 81.5 cm³/mol. The highest BCUT2D eigenvalue weighted by molar-refractivity contribution is 5.47. The average molecular weight is 281 g/mol. The zero-order valence-corrected chi connectivity index (χ0v) is 13.0. The summed E-state index contributed by atoms with van der Waals surface area (Å²) in [6.07, 6.45) is 1.69. The Kier molecular flexibility index (Phi) is 7.41. The molecule has 0 aliphatic carbocycles. The summed E-state index contributed by atoms with van der Waals surface area (Å²) in [5.41, 5.74) is 7.16. The molecule has 0 saturated heterocycles. The molecular formula is C16H27NO3. The van der Waals surface area contributed by atoms with E-state index in [2.05, 4.69) is 6.92 Å². The molecule has 0 fully saturated rings. The molecule has 1 aromatic rings. The van der Waals surface area contributed by atoms with Crippen LogP contribution < -0.4 is 15.2 Å². The van der Waals surface area contributed by atoms with Crippen LogP contribution in [0.3, 0.4) is 0 Å². The second-order valence-corrected chi connectivity index (χ2v) is 4.93. The zero-order chi connectivity index (χ0) is 15.0. The van der Waals surface area contributed by atoms with Gasteiger partial charge in [-0.3, -0.25) is 0 Å². The summed E-state index contributed by atoms with van der Waals surface area (Å²) >= 11 is 0. The van der Waals surface area contributed by atoms with Crippen molar-refractivity contribution in [3.8, 4) is 11.5 Å². The lowest BCUT2D eigenvalue weighted by atomic mass is 10.0. The van der Waals surface area contributed by atoms with Crippen molar-refractivity contribution in [2.75, 3.05) is 20.3 Å². The van der Waals surface area contributed by atoms with Crippen molar-refractivity contribution in [3.05, 3.63) is 23.8 Å². The standard InChI is InChI=1S/C16H27NO3/c1-5-14(17)10-13-8-7-9-15(19-6-2)16(13)20-12(3)11-18-4/h7-9,12,14H,5-6,10-11,17H2,1-4H3. The third kappa shape index (κ3) is 5.02. The molecule has 1 rings (SSSR count). The molecule has 1 aromatic carbocycles. The van der Waals surface area contributed by atoms with Gasteiger partial charge in [-0.1, -0.05) is 19.1 Å². The van der Waals surface area contributed by atoms with Gasteiger partial charge in [-0.2, -0.15) is 0 Å². The van der Waals surface area contributed by atoms with Crippen LogP contribution in [0.2, 0.25) is 0 Å². The molecule has 0 aromatic heterocycles. The van der Waals surface area contributed by atoms with Crippen molar-refractivity contribution < 1.29 is 14.2 Å². The van der Waals surface area contributed by atoms with Crippen LogP contribution in [0.1, 0.15) is 32.8 Å². The monoisotopic (exact) mass is 281 g/mol. The summed E-state index contributed by atoms with van der Waals surface area (Å²) < 4.78 is 16.8. The van der Waals surface area contributed by atoms with Gasteiger partial charge in [0.2, 0.25) is 0 Å². The van der Waals surface area contributed by atoms with Gasteiger partial charge < -0.3 is 19.9 Å². The topological polar surface area (TPSA) is 53.7 Å². The van der Waals surface area contributed by atoms with E-state index in [0.717, 1.165) is 29.9 Å². The normalized spacial score (nSPS) is 13.8. The predicted octanol–water partition coefficient (Wildman–Crippen LogP) is 2.78. The van der Waals surface area contributed by atoms with Gasteiger partial charge in [-0.05, 0) is 38.3 Å². The second-order valence-electron chi connectivity index (χ2n) is 4.93. The molecule has 2 unspecified atom stereocenters. The van der Waals surface area contributed by atoms with E-state index in [1.807, 2.05) is 32.0 Å². The molecule has 4 nitrogen and oxygen atoms in total. The zero-order valence-electron chi connectivity index (χ0n) is 13.0. The number of benzene rings is 1. The van der Waals surface area contributed by atoms with Crippen LogP contribution in [0.5, 0.6) is 11.5 Å². The summed E-state index contributed by atoms with van der Waals surface area (Å²) in [7, 11) is 1.67. The van der Waals surface area contributed by atoms with Gasteiger partial charge in [0, 0.05) is 13.2 Å². The van der Waals surface area contributed by atoms with Crippen LogP contribution in [-0.4, -0.2) is 32.5 Å². The first-order valence-electron chi connectivity index (χ1n) is 7.28. The number of methoxy groups -OCH3 is 1. The number of hydrogen-bond donors (Lipinski definition) is 1. The number of nitrogens with two attached hydrogens (primary N) is 1. The van der Waals surface area contributed by atoms with Crippen molar-refractivity contribution in [2.24, 2.45) is 5.73 Å². The maximum atomic E-state index is 6.07. The number of rotatable bonds is 9. The highest BCUT2D eigenvalue weighted by atomic mass is 16.5. The summed E-state index contributed by atoms with van der Waals surface area (Å²) in [4.78, 5) is 0. The molecule has 114 valence electrons. The van der Waals surface area contributed by atoms with Crippen molar-refractivity contribution in [1.29, 1.82) is 0 Å². The Hall–Kier alpha value is -1.26. The second kappa shape index (κ2) is 8.82. The van der Waals surface area contributed by atoms with Crippen LogP contribution >= 0.6 is 0 Å². The quantitative estimate of drug-likeness (QED) is 0.756. The van der Waals surface area contributed by atoms with E-state index in [1.165, 1.54) is 0 Å². The Morgan fingerprint density at radius 2 is 2.00 bits per heavy atom. The van der Waals surface area contributed by atoms with Crippen LogP contribution in [-0.2, 0) is 11.2 Å². The van der Waals surface area contributed by atoms with Gasteiger partial charge in [-0.15, -0.1) is 0 Å². The van der Waals surface area contributed by atoms with Gasteiger partial charge in [0.25, 0.3) is 0 Å². The molecule has 4 heteroatoms. The van der Waals surface area contributed by atoms with E-state index in [1.54, 1.807) is 7.11 Å². The van der Waals surface area contributed by atoms with Crippen LogP contribution in [0.15, 0.2) is 18.2 Å². The summed E-state index contributed by atoms with van der Waals surface area (Å²) in [5, 5.41) is 0. The lowest BCUT2D eigenvalue weighted by Crippen LogP contribution is -2.23. The molecule has 0 spiro atoms. The molecule has 2 atom stereocenters. The van der Waals surface area contributed by atoms with Crippen molar-refractivity contribution in [3.63, 3.8) is 0 Å². The largest absolute Gasteiger partial charge is 0.490 e. The van der Waals surface area contributed by atoms with E-state index in [4.69, 9.17) is 19.9 Å². The Bertz CT molecular complexity index is 395. The lowest BCUT2D eigenvalue weighted by Gasteiger charge is -2.21. The minimum atomic E-state index is -0.0294. The third-order valence-corrected chi connectivity index (χ3v) is 3.09. The first kappa shape index (κ1) is 16.8. The van der Waals surface area contributed by atoms with Gasteiger partial charge in [0.15, 0.2) is 11.5 Å². The highest BCUT2D eigenvalue weighted by Gasteiger charge is 2.16. The average Bonchev–Trinajstić information content (AvgIpc) is 2.42. The first-order chi connectivity index (χ1) is 9.62. The first-order valence-corrected chi connectivity index (χ1v) is 7.28. The van der Waals surface area contributed by atoms with Gasteiger partial charge in [0.05, 0.1) is 13.2 Å². The third-order valence-electron chi connectivity index (χ3n) is 3.09. The minimum Gasteiger partial charge on any atom is -0.490 e. The fourth-order valence-electron chi connectivity index (χ4n) is 2.02. The maximum absolute atomic E-state index is 6.07. The minimum absolute atomic E-state index is 0.0294. The van der Waals surface area contributed by atoms with Crippen molar-refractivity contribution in [2.45, 2.75) is 45.8 Å². The van der Waals surface area contributed by atoms with E-state index in [0.29, 0.717) is 13.2 Å². The number of ether oxygens (including phenoxy) is 3. The van der Waals surface area contributed by atoms with E-state index < -0.39 is 0 Å². The molecule has 0 radical (unpaired) electrons.